The Bertz CT molecular complexity index is 667. The van der Waals surface area contributed by atoms with Crippen molar-refractivity contribution in [2.24, 2.45) is 0 Å². The number of carbonyl (C=O) groups is 1. The van der Waals surface area contributed by atoms with E-state index >= 15 is 0 Å². The van der Waals surface area contributed by atoms with E-state index in [0.29, 0.717) is 13.2 Å². The summed E-state index contributed by atoms with van der Waals surface area (Å²) in [5.41, 5.74) is 2.41. The fraction of sp³-hybridized carbons (Fsp3) is 0.286. The van der Waals surface area contributed by atoms with Gasteiger partial charge in [-0.1, -0.05) is 63.2 Å². The molecule has 0 aliphatic carbocycles. The zero-order valence-electron chi connectivity index (χ0n) is 14.6. The highest BCUT2D eigenvalue weighted by Crippen LogP contribution is 2.24. The van der Waals surface area contributed by atoms with Gasteiger partial charge in [-0.15, -0.1) is 0 Å². The molecule has 0 heterocycles. The molecule has 0 saturated heterocycles. The van der Waals surface area contributed by atoms with E-state index in [1.165, 1.54) is 11.6 Å². The van der Waals surface area contributed by atoms with E-state index in [4.69, 9.17) is 4.74 Å². The Morgan fingerprint density at radius 3 is 2.33 bits per heavy atom. The lowest BCUT2D eigenvalue weighted by Crippen LogP contribution is -2.26. The van der Waals surface area contributed by atoms with Gasteiger partial charge in [0.15, 0.2) is 0 Å². The summed E-state index contributed by atoms with van der Waals surface area (Å²) in [6, 6.07) is 17.8. The molecular weight excluding hydrogens is 298 g/mol. The standard InChI is InChI=1S/C21H25NO2/c1-21(2,3)18-10-12-19(13-11-18)24-16-15-22-20(23)14-9-17-7-5-4-6-8-17/h4-14H,15-16H2,1-3H3,(H,22,23). The van der Waals surface area contributed by atoms with Crippen molar-refractivity contribution >= 4 is 12.0 Å². The summed E-state index contributed by atoms with van der Waals surface area (Å²) in [4.78, 5) is 11.7. The Labute approximate surface area is 144 Å². The maximum absolute atomic E-state index is 11.7. The van der Waals surface area contributed by atoms with Gasteiger partial charge >= 0.3 is 0 Å². The molecule has 1 amide bonds. The molecule has 0 spiro atoms. The van der Waals surface area contributed by atoms with Crippen molar-refractivity contribution in [2.45, 2.75) is 26.2 Å². The summed E-state index contributed by atoms with van der Waals surface area (Å²) in [7, 11) is 0. The summed E-state index contributed by atoms with van der Waals surface area (Å²) in [5, 5.41) is 2.81. The van der Waals surface area contributed by atoms with E-state index in [0.717, 1.165) is 11.3 Å². The average Bonchev–Trinajstić information content (AvgIpc) is 2.57. The molecule has 2 aromatic carbocycles. The van der Waals surface area contributed by atoms with Crippen LogP contribution in [0, 0.1) is 0 Å². The van der Waals surface area contributed by atoms with Gasteiger partial charge in [0.1, 0.15) is 12.4 Å². The highest BCUT2D eigenvalue weighted by Gasteiger charge is 2.12. The molecule has 1 N–H and O–H groups in total. The molecule has 0 saturated carbocycles. The first kappa shape index (κ1) is 17.8. The second kappa shape index (κ2) is 8.34. The summed E-state index contributed by atoms with van der Waals surface area (Å²) in [6.45, 7) is 7.46. The quantitative estimate of drug-likeness (QED) is 0.639. The first-order chi connectivity index (χ1) is 11.4. The van der Waals surface area contributed by atoms with Gasteiger partial charge in [0.2, 0.25) is 5.91 Å². The number of ether oxygens (including phenoxy) is 1. The number of carbonyl (C=O) groups excluding carboxylic acids is 1. The lowest BCUT2D eigenvalue weighted by molar-refractivity contribution is -0.116. The molecule has 0 aliphatic heterocycles. The van der Waals surface area contributed by atoms with Crippen molar-refractivity contribution in [1.29, 1.82) is 0 Å². The minimum atomic E-state index is -0.120. The van der Waals surface area contributed by atoms with Crippen LogP contribution in [0.3, 0.4) is 0 Å². The van der Waals surface area contributed by atoms with Crippen LogP contribution in [-0.4, -0.2) is 19.1 Å². The van der Waals surface area contributed by atoms with Crippen molar-refractivity contribution in [2.75, 3.05) is 13.2 Å². The van der Waals surface area contributed by atoms with Crippen LogP contribution in [0.1, 0.15) is 31.9 Å². The summed E-state index contributed by atoms with van der Waals surface area (Å²) >= 11 is 0. The van der Waals surface area contributed by atoms with E-state index in [9.17, 15) is 4.79 Å². The third kappa shape index (κ3) is 5.92. The maximum Gasteiger partial charge on any atom is 0.244 e. The molecule has 0 bridgehead atoms. The summed E-state index contributed by atoms with van der Waals surface area (Å²) in [5.74, 6) is 0.697. The van der Waals surface area contributed by atoms with Crippen LogP contribution in [0.4, 0.5) is 0 Å². The molecule has 24 heavy (non-hydrogen) atoms. The van der Waals surface area contributed by atoms with Crippen molar-refractivity contribution in [3.05, 3.63) is 71.8 Å². The SMILES string of the molecule is CC(C)(C)c1ccc(OCCNC(=O)C=Cc2ccccc2)cc1. The third-order valence-electron chi connectivity index (χ3n) is 3.62. The van der Waals surface area contributed by atoms with Gasteiger partial charge in [-0.05, 0) is 34.8 Å². The Balaban J connectivity index is 1.71. The minimum Gasteiger partial charge on any atom is -0.492 e. The summed E-state index contributed by atoms with van der Waals surface area (Å²) < 4.78 is 5.65. The van der Waals surface area contributed by atoms with Crippen molar-refractivity contribution in [3.63, 3.8) is 0 Å². The molecule has 126 valence electrons. The second-order valence-corrected chi connectivity index (χ2v) is 6.66. The van der Waals surface area contributed by atoms with E-state index in [1.807, 2.05) is 42.5 Å². The molecule has 0 unspecified atom stereocenters. The van der Waals surface area contributed by atoms with Crippen LogP contribution < -0.4 is 10.1 Å². The Morgan fingerprint density at radius 1 is 1.04 bits per heavy atom. The van der Waals surface area contributed by atoms with Gasteiger partial charge in [-0.2, -0.15) is 0 Å². The first-order valence-electron chi connectivity index (χ1n) is 8.19. The largest absolute Gasteiger partial charge is 0.492 e. The zero-order valence-corrected chi connectivity index (χ0v) is 14.6. The topological polar surface area (TPSA) is 38.3 Å². The normalized spacial score (nSPS) is 11.5. The Kier molecular flexibility index (Phi) is 6.19. The molecule has 3 nitrogen and oxygen atoms in total. The maximum atomic E-state index is 11.7. The van der Waals surface area contributed by atoms with E-state index < -0.39 is 0 Å². The molecule has 0 aliphatic rings. The molecule has 0 radical (unpaired) electrons. The van der Waals surface area contributed by atoms with Gasteiger partial charge in [-0.25, -0.2) is 0 Å². The molecule has 0 atom stereocenters. The Morgan fingerprint density at radius 2 is 1.71 bits per heavy atom. The minimum absolute atomic E-state index is 0.120. The van der Waals surface area contributed by atoms with Crippen LogP contribution in [0.5, 0.6) is 5.75 Å². The highest BCUT2D eigenvalue weighted by molar-refractivity contribution is 5.91. The van der Waals surface area contributed by atoms with E-state index in [2.05, 4.69) is 38.2 Å². The smallest absolute Gasteiger partial charge is 0.244 e. The second-order valence-electron chi connectivity index (χ2n) is 6.66. The number of rotatable bonds is 6. The summed E-state index contributed by atoms with van der Waals surface area (Å²) in [6.07, 6.45) is 3.33. The molecule has 2 aromatic rings. The predicted octanol–water partition coefficient (Wildman–Crippen LogP) is 4.19. The van der Waals surface area contributed by atoms with Crippen molar-refractivity contribution in [3.8, 4) is 5.75 Å². The van der Waals surface area contributed by atoms with Crippen LogP contribution in [-0.2, 0) is 10.2 Å². The highest BCUT2D eigenvalue weighted by atomic mass is 16.5. The third-order valence-corrected chi connectivity index (χ3v) is 3.62. The van der Waals surface area contributed by atoms with Crippen LogP contribution in [0.25, 0.3) is 6.08 Å². The van der Waals surface area contributed by atoms with Gasteiger partial charge in [0, 0.05) is 6.08 Å². The lowest BCUT2D eigenvalue weighted by atomic mass is 9.87. The monoisotopic (exact) mass is 323 g/mol. The lowest BCUT2D eigenvalue weighted by Gasteiger charge is -2.19. The van der Waals surface area contributed by atoms with E-state index in [1.54, 1.807) is 6.08 Å². The molecule has 3 heteroatoms. The van der Waals surface area contributed by atoms with Crippen LogP contribution in [0.15, 0.2) is 60.7 Å². The number of benzene rings is 2. The van der Waals surface area contributed by atoms with Gasteiger partial charge in [0.25, 0.3) is 0 Å². The van der Waals surface area contributed by atoms with Crippen LogP contribution in [0.2, 0.25) is 0 Å². The first-order valence-corrected chi connectivity index (χ1v) is 8.19. The molecule has 2 rings (SSSR count). The number of hydrogen-bond donors (Lipinski definition) is 1. The van der Waals surface area contributed by atoms with Gasteiger partial charge in [0.05, 0.1) is 6.54 Å². The fourth-order valence-electron chi connectivity index (χ4n) is 2.19. The Hall–Kier alpha value is -2.55. The van der Waals surface area contributed by atoms with Crippen molar-refractivity contribution in [1.82, 2.24) is 5.32 Å². The fourth-order valence-corrected chi connectivity index (χ4v) is 2.19. The number of hydrogen-bond acceptors (Lipinski definition) is 2. The van der Waals surface area contributed by atoms with Gasteiger partial charge in [-0.3, -0.25) is 4.79 Å². The van der Waals surface area contributed by atoms with Crippen molar-refractivity contribution < 1.29 is 9.53 Å². The average molecular weight is 323 g/mol. The molecule has 0 fully saturated rings. The number of nitrogens with one attached hydrogen (secondary N) is 1. The molecule has 0 aromatic heterocycles. The molecular formula is C21H25NO2. The zero-order chi connectivity index (χ0) is 17.4. The van der Waals surface area contributed by atoms with E-state index in [-0.39, 0.29) is 11.3 Å². The van der Waals surface area contributed by atoms with Gasteiger partial charge < -0.3 is 10.1 Å². The van der Waals surface area contributed by atoms with Crippen LogP contribution >= 0.6 is 0 Å². The predicted molar refractivity (Wildman–Crippen MR) is 99.1 cm³/mol. The number of amides is 1.